The van der Waals surface area contributed by atoms with Crippen LogP contribution < -0.4 is 16.8 Å². The number of nitrogens with one attached hydrogen (secondary N) is 1. The van der Waals surface area contributed by atoms with Crippen LogP contribution in [0, 0.1) is 0 Å². The van der Waals surface area contributed by atoms with Gasteiger partial charge in [0.15, 0.2) is 0 Å². The molecule has 1 aromatic heterocycles. The van der Waals surface area contributed by atoms with Crippen LogP contribution in [-0.4, -0.2) is 11.7 Å². The zero-order valence-electron chi connectivity index (χ0n) is 13.7. The van der Waals surface area contributed by atoms with E-state index >= 15 is 0 Å². The van der Waals surface area contributed by atoms with Crippen molar-refractivity contribution < 1.29 is 9.21 Å². The van der Waals surface area contributed by atoms with Crippen molar-refractivity contribution in [2.24, 2.45) is 11.5 Å². The molecule has 6 heteroatoms. The highest BCUT2D eigenvalue weighted by atomic mass is 32.2. The van der Waals surface area contributed by atoms with E-state index in [9.17, 15) is 4.79 Å². The van der Waals surface area contributed by atoms with E-state index in [4.69, 9.17) is 15.9 Å². The summed E-state index contributed by atoms with van der Waals surface area (Å²) in [5.74, 6) is 1.33. The molecule has 0 saturated carbocycles. The summed E-state index contributed by atoms with van der Waals surface area (Å²) in [5.41, 5.74) is 12.9. The predicted octanol–water partition coefficient (Wildman–Crippen LogP) is 2.94. The summed E-state index contributed by atoms with van der Waals surface area (Å²) in [6.07, 6.45) is 2.31. The lowest BCUT2D eigenvalue weighted by atomic mass is 9.89. The summed E-state index contributed by atoms with van der Waals surface area (Å²) in [5, 5.41) is 3.41. The standard InChI is InChI=1S/C18H23N3O2S/c1-13(19)24-10-8-18(2,20)15-6-3-5-14(11-15)17(22)21-12-16-7-4-9-23-16/h3-7,9,11H,1,8,10,12,19-20H2,2H3,(H,21,22). The zero-order chi connectivity index (χ0) is 17.6. The Bertz CT molecular complexity index is 696. The van der Waals surface area contributed by atoms with Crippen LogP contribution in [0.4, 0.5) is 0 Å². The highest BCUT2D eigenvalue weighted by Crippen LogP contribution is 2.25. The van der Waals surface area contributed by atoms with Crippen molar-refractivity contribution in [3.63, 3.8) is 0 Å². The molecule has 5 N–H and O–H groups in total. The van der Waals surface area contributed by atoms with Gasteiger partial charge in [-0.25, -0.2) is 0 Å². The predicted molar refractivity (Wildman–Crippen MR) is 98.3 cm³/mol. The molecule has 2 rings (SSSR count). The van der Waals surface area contributed by atoms with E-state index in [1.54, 1.807) is 18.4 Å². The first-order valence-electron chi connectivity index (χ1n) is 7.66. The van der Waals surface area contributed by atoms with E-state index in [1.807, 2.05) is 31.2 Å². The zero-order valence-corrected chi connectivity index (χ0v) is 14.6. The van der Waals surface area contributed by atoms with Crippen molar-refractivity contribution in [1.82, 2.24) is 5.32 Å². The number of carbonyl (C=O) groups excluding carboxylic acids is 1. The van der Waals surface area contributed by atoms with E-state index < -0.39 is 5.54 Å². The number of rotatable bonds is 8. The third-order valence-electron chi connectivity index (χ3n) is 3.70. The normalized spacial score (nSPS) is 13.2. The summed E-state index contributed by atoms with van der Waals surface area (Å²) in [6.45, 7) is 5.97. The second-order valence-electron chi connectivity index (χ2n) is 5.83. The molecule has 5 nitrogen and oxygen atoms in total. The third-order valence-corrected chi connectivity index (χ3v) is 4.48. The van der Waals surface area contributed by atoms with Gasteiger partial charge in [-0.05, 0) is 43.2 Å². The van der Waals surface area contributed by atoms with Gasteiger partial charge in [0.25, 0.3) is 5.91 Å². The van der Waals surface area contributed by atoms with Gasteiger partial charge >= 0.3 is 0 Å². The van der Waals surface area contributed by atoms with E-state index in [0.717, 1.165) is 17.7 Å². The second kappa shape index (κ2) is 8.08. The molecular formula is C18H23N3O2S. The molecule has 1 atom stereocenters. The lowest BCUT2D eigenvalue weighted by Gasteiger charge is -2.25. The molecule has 1 heterocycles. The fraction of sp³-hybridized carbons (Fsp3) is 0.278. The molecule has 0 bridgehead atoms. The molecule has 2 aromatic rings. The Kier molecular flexibility index (Phi) is 6.11. The smallest absolute Gasteiger partial charge is 0.251 e. The van der Waals surface area contributed by atoms with Crippen LogP contribution in [0.3, 0.4) is 0 Å². The van der Waals surface area contributed by atoms with Crippen molar-refractivity contribution in [3.05, 3.63) is 71.2 Å². The Morgan fingerprint density at radius 1 is 1.38 bits per heavy atom. The van der Waals surface area contributed by atoms with Gasteiger partial charge in [0, 0.05) is 16.9 Å². The van der Waals surface area contributed by atoms with E-state index in [0.29, 0.717) is 22.9 Å². The van der Waals surface area contributed by atoms with Gasteiger partial charge in [0.05, 0.1) is 17.8 Å². The average molecular weight is 345 g/mol. The number of hydrogen-bond donors (Lipinski definition) is 3. The first-order chi connectivity index (χ1) is 11.4. The minimum absolute atomic E-state index is 0.159. The van der Waals surface area contributed by atoms with E-state index in [-0.39, 0.29) is 5.91 Å². The van der Waals surface area contributed by atoms with Gasteiger partial charge in [-0.1, -0.05) is 18.7 Å². The summed E-state index contributed by atoms with van der Waals surface area (Å²) in [7, 11) is 0. The first-order valence-corrected chi connectivity index (χ1v) is 8.64. The minimum Gasteiger partial charge on any atom is -0.467 e. The number of nitrogens with two attached hydrogens (primary N) is 2. The Morgan fingerprint density at radius 2 is 2.17 bits per heavy atom. The molecule has 1 aromatic carbocycles. The Labute approximate surface area is 146 Å². The Balaban J connectivity index is 2.01. The Morgan fingerprint density at radius 3 is 2.83 bits per heavy atom. The van der Waals surface area contributed by atoms with Crippen molar-refractivity contribution in [3.8, 4) is 0 Å². The molecule has 0 aliphatic heterocycles. The van der Waals surface area contributed by atoms with Gasteiger partial charge in [-0.15, -0.1) is 11.8 Å². The SMILES string of the molecule is C=C(N)SCCC(C)(N)c1cccc(C(=O)NCc2ccco2)c1. The van der Waals surface area contributed by atoms with Crippen LogP contribution in [0.1, 0.15) is 35.0 Å². The second-order valence-corrected chi connectivity index (χ2v) is 7.05. The highest BCUT2D eigenvalue weighted by molar-refractivity contribution is 8.02. The molecule has 24 heavy (non-hydrogen) atoms. The number of carbonyl (C=O) groups is 1. The summed E-state index contributed by atoms with van der Waals surface area (Å²) in [4.78, 5) is 12.3. The molecule has 1 unspecified atom stereocenters. The highest BCUT2D eigenvalue weighted by Gasteiger charge is 2.22. The maximum Gasteiger partial charge on any atom is 0.251 e. The van der Waals surface area contributed by atoms with Gasteiger partial charge in [-0.3, -0.25) is 4.79 Å². The van der Waals surface area contributed by atoms with Gasteiger partial charge in [0.2, 0.25) is 0 Å². The van der Waals surface area contributed by atoms with Crippen LogP contribution >= 0.6 is 11.8 Å². The van der Waals surface area contributed by atoms with Crippen LogP contribution in [-0.2, 0) is 12.1 Å². The summed E-state index contributed by atoms with van der Waals surface area (Å²) in [6, 6.07) is 11.0. The van der Waals surface area contributed by atoms with Gasteiger partial charge in [-0.2, -0.15) is 0 Å². The maximum absolute atomic E-state index is 12.3. The van der Waals surface area contributed by atoms with Gasteiger partial charge < -0.3 is 21.2 Å². The largest absolute Gasteiger partial charge is 0.467 e. The van der Waals surface area contributed by atoms with Crippen molar-refractivity contribution in [2.75, 3.05) is 5.75 Å². The van der Waals surface area contributed by atoms with E-state index in [2.05, 4.69) is 11.9 Å². The Hall–Kier alpha value is -2.18. The quantitative estimate of drug-likeness (QED) is 0.684. The van der Waals surface area contributed by atoms with Gasteiger partial charge in [0.1, 0.15) is 5.76 Å². The molecule has 0 saturated heterocycles. The summed E-state index contributed by atoms with van der Waals surface area (Å²) < 4.78 is 5.21. The van der Waals surface area contributed by atoms with Crippen LogP contribution in [0.2, 0.25) is 0 Å². The number of benzene rings is 1. The average Bonchev–Trinajstić information content (AvgIpc) is 3.05. The van der Waals surface area contributed by atoms with E-state index in [1.165, 1.54) is 11.8 Å². The molecule has 0 spiro atoms. The molecule has 0 radical (unpaired) electrons. The minimum atomic E-state index is -0.542. The van der Waals surface area contributed by atoms with Crippen molar-refractivity contribution in [2.45, 2.75) is 25.4 Å². The summed E-state index contributed by atoms with van der Waals surface area (Å²) >= 11 is 1.48. The topological polar surface area (TPSA) is 94.3 Å². The van der Waals surface area contributed by atoms with Crippen LogP contribution in [0.25, 0.3) is 0 Å². The molecule has 1 amide bonds. The third kappa shape index (κ3) is 5.18. The van der Waals surface area contributed by atoms with Crippen LogP contribution in [0.15, 0.2) is 58.7 Å². The molecule has 0 aliphatic rings. The monoisotopic (exact) mass is 345 g/mol. The first kappa shape index (κ1) is 18.2. The maximum atomic E-state index is 12.3. The lowest BCUT2D eigenvalue weighted by Crippen LogP contribution is -2.34. The lowest BCUT2D eigenvalue weighted by molar-refractivity contribution is 0.0948. The fourth-order valence-corrected chi connectivity index (χ4v) is 3.03. The van der Waals surface area contributed by atoms with Crippen molar-refractivity contribution in [1.29, 1.82) is 0 Å². The number of amides is 1. The number of hydrogen-bond acceptors (Lipinski definition) is 5. The van der Waals surface area contributed by atoms with Crippen LogP contribution in [0.5, 0.6) is 0 Å². The molecule has 0 aliphatic carbocycles. The molecule has 128 valence electrons. The number of furan rings is 1. The van der Waals surface area contributed by atoms with Crippen molar-refractivity contribution >= 4 is 17.7 Å². The molecule has 0 fully saturated rings. The number of thioether (sulfide) groups is 1. The fourth-order valence-electron chi connectivity index (χ4n) is 2.24. The molecular weight excluding hydrogens is 322 g/mol.